The summed E-state index contributed by atoms with van der Waals surface area (Å²) in [6.45, 7) is 7.42. The largest absolute Gasteiger partial charge is 0.450 e. The maximum atomic E-state index is 12.7. The minimum Gasteiger partial charge on any atom is -0.450 e. The van der Waals surface area contributed by atoms with Crippen molar-refractivity contribution in [1.29, 1.82) is 0 Å². The highest BCUT2D eigenvalue weighted by Crippen LogP contribution is 2.19. The zero-order valence-electron chi connectivity index (χ0n) is 17.2. The van der Waals surface area contributed by atoms with E-state index in [9.17, 15) is 9.59 Å². The number of benzene rings is 1. The summed E-state index contributed by atoms with van der Waals surface area (Å²) in [5.74, 6) is 0.491. The van der Waals surface area contributed by atoms with Crippen LogP contribution in [-0.4, -0.2) is 47.6 Å². The summed E-state index contributed by atoms with van der Waals surface area (Å²) in [5.41, 5.74) is 3.82. The van der Waals surface area contributed by atoms with Crippen LogP contribution >= 0.6 is 0 Å². The van der Waals surface area contributed by atoms with Gasteiger partial charge in [-0.15, -0.1) is 0 Å². The van der Waals surface area contributed by atoms with Crippen LogP contribution in [0.3, 0.4) is 0 Å². The van der Waals surface area contributed by atoms with Gasteiger partial charge in [0.25, 0.3) is 5.91 Å². The summed E-state index contributed by atoms with van der Waals surface area (Å²) < 4.78 is 5.03. The summed E-state index contributed by atoms with van der Waals surface area (Å²) in [5, 5.41) is 6.33. The van der Waals surface area contributed by atoms with Gasteiger partial charge in [0.05, 0.1) is 6.61 Å². The highest BCUT2D eigenvalue weighted by Gasteiger charge is 2.24. The van der Waals surface area contributed by atoms with Gasteiger partial charge < -0.3 is 20.3 Å². The first kappa shape index (κ1) is 20.6. The van der Waals surface area contributed by atoms with Crippen molar-refractivity contribution >= 4 is 23.5 Å². The van der Waals surface area contributed by atoms with Crippen molar-refractivity contribution in [3.8, 4) is 0 Å². The second-order valence-corrected chi connectivity index (χ2v) is 7.36. The van der Waals surface area contributed by atoms with Crippen LogP contribution in [0.15, 0.2) is 36.5 Å². The normalized spacial score (nSPS) is 14.4. The SMILES string of the molecule is CCOC(=O)N1CCC(NC(=O)c2ccnc(Nc3cc(C)cc(C)c3)c2)CC1. The van der Waals surface area contributed by atoms with Crippen molar-refractivity contribution in [2.75, 3.05) is 25.0 Å². The molecular formula is C22H28N4O3. The zero-order valence-corrected chi connectivity index (χ0v) is 17.2. The molecule has 0 spiro atoms. The molecule has 29 heavy (non-hydrogen) atoms. The van der Waals surface area contributed by atoms with Gasteiger partial charge in [0.15, 0.2) is 0 Å². The molecule has 7 nitrogen and oxygen atoms in total. The van der Waals surface area contributed by atoms with Gasteiger partial charge in [-0.3, -0.25) is 4.79 Å². The van der Waals surface area contributed by atoms with E-state index in [-0.39, 0.29) is 18.0 Å². The number of hydrogen-bond acceptors (Lipinski definition) is 5. The Morgan fingerprint density at radius 3 is 2.48 bits per heavy atom. The van der Waals surface area contributed by atoms with Crippen LogP contribution in [0.4, 0.5) is 16.3 Å². The molecule has 1 aliphatic rings. The van der Waals surface area contributed by atoms with Gasteiger partial charge in [-0.25, -0.2) is 9.78 Å². The molecule has 0 atom stereocenters. The molecule has 0 saturated carbocycles. The monoisotopic (exact) mass is 396 g/mol. The van der Waals surface area contributed by atoms with Crippen molar-refractivity contribution in [1.82, 2.24) is 15.2 Å². The lowest BCUT2D eigenvalue weighted by molar-refractivity contribution is 0.0860. The fourth-order valence-electron chi connectivity index (χ4n) is 3.52. The van der Waals surface area contributed by atoms with Crippen LogP contribution < -0.4 is 10.6 Å². The van der Waals surface area contributed by atoms with Gasteiger partial charge >= 0.3 is 6.09 Å². The van der Waals surface area contributed by atoms with Crippen LogP contribution in [0.25, 0.3) is 0 Å². The lowest BCUT2D eigenvalue weighted by atomic mass is 10.0. The van der Waals surface area contributed by atoms with Crippen LogP contribution in [-0.2, 0) is 4.74 Å². The standard InChI is InChI=1S/C22H28N4O3/c1-4-29-22(28)26-9-6-18(7-10-26)25-21(27)17-5-8-23-20(14-17)24-19-12-15(2)11-16(3)13-19/h5,8,11-14,18H,4,6-7,9-10H2,1-3H3,(H,23,24)(H,25,27). The molecule has 1 saturated heterocycles. The van der Waals surface area contributed by atoms with E-state index >= 15 is 0 Å². The topological polar surface area (TPSA) is 83.6 Å². The highest BCUT2D eigenvalue weighted by molar-refractivity contribution is 5.95. The molecule has 0 unspecified atom stereocenters. The van der Waals surface area contributed by atoms with E-state index in [1.807, 2.05) is 26.0 Å². The number of nitrogens with one attached hydrogen (secondary N) is 2. The Balaban J connectivity index is 1.58. The molecule has 2 aromatic rings. The number of carbonyl (C=O) groups is 2. The van der Waals surface area contributed by atoms with E-state index in [1.165, 1.54) is 0 Å². The molecule has 1 aliphatic heterocycles. The molecule has 2 heterocycles. The maximum Gasteiger partial charge on any atom is 0.409 e. The smallest absolute Gasteiger partial charge is 0.409 e. The van der Waals surface area contributed by atoms with Crippen LogP contribution in [0, 0.1) is 13.8 Å². The Labute approximate surface area is 171 Å². The maximum absolute atomic E-state index is 12.7. The highest BCUT2D eigenvalue weighted by atomic mass is 16.6. The summed E-state index contributed by atoms with van der Waals surface area (Å²) in [7, 11) is 0. The van der Waals surface area contributed by atoms with E-state index in [0.29, 0.717) is 43.9 Å². The average molecular weight is 396 g/mol. The fourth-order valence-corrected chi connectivity index (χ4v) is 3.52. The van der Waals surface area contributed by atoms with Crippen LogP contribution in [0.5, 0.6) is 0 Å². The minimum atomic E-state index is -0.284. The predicted molar refractivity (Wildman–Crippen MR) is 113 cm³/mol. The lowest BCUT2D eigenvalue weighted by Gasteiger charge is -2.31. The number of likely N-dealkylation sites (tertiary alicyclic amines) is 1. The molecule has 3 rings (SSSR count). The first-order valence-corrected chi connectivity index (χ1v) is 9.98. The number of nitrogens with zero attached hydrogens (tertiary/aromatic N) is 2. The van der Waals surface area contributed by atoms with Gasteiger partial charge in [0.1, 0.15) is 5.82 Å². The van der Waals surface area contributed by atoms with Crippen LogP contribution in [0.1, 0.15) is 41.3 Å². The molecule has 0 aliphatic carbocycles. The molecule has 0 radical (unpaired) electrons. The van der Waals surface area contributed by atoms with Gasteiger partial charge in [0.2, 0.25) is 0 Å². The average Bonchev–Trinajstić information content (AvgIpc) is 2.68. The van der Waals surface area contributed by atoms with E-state index < -0.39 is 0 Å². The number of piperidine rings is 1. The number of aryl methyl sites for hydroxylation is 2. The molecule has 1 aromatic heterocycles. The van der Waals surface area contributed by atoms with Crippen molar-refractivity contribution < 1.29 is 14.3 Å². The summed E-state index contributed by atoms with van der Waals surface area (Å²) >= 11 is 0. The molecule has 1 fully saturated rings. The third-order valence-electron chi connectivity index (χ3n) is 4.87. The van der Waals surface area contributed by atoms with Gasteiger partial charge in [-0.2, -0.15) is 0 Å². The molecule has 7 heteroatoms. The molecular weight excluding hydrogens is 368 g/mol. The Morgan fingerprint density at radius 1 is 1.14 bits per heavy atom. The number of rotatable bonds is 5. The molecule has 2 amide bonds. The number of ether oxygens (including phenoxy) is 1. The van der Waals surface area contributed by atoms with Crippen molar-refractivity contribution in [2.24, 2.45) is 0 Å². The first-order chi connectivity index (χ1) is 13.9. The quantitative estimate of drug-likeness (QED) is 0.803. The minimum absolute atomic E-state index is 0.0390. The number of anilines is 2. The van der Waals surface area contributed by atoms with E-state index in [2.05, 4.69) is 21.7 Å². The van der Waals surface area contributed by atoms with Gasteiger partial charge in [0, 0.05) is 36.6 Å². The predicted octanol–water partition coefficient (Wildman–Crippen LogP) is 3.79. The van der Waals surface area contributed by atoms with E-state index in [1.54, 1.807) is 30.2 Å². The summed E-state index contributed by atoms with van der Waals surface area (Å²) in [6.07, 6.45) is 2.77. The number of hydrogen-bond donors (Lipinski definition) is 2. The Bertz CT molecular complexity index is 856. The molecule has 0 bridgehead atoms. The molecule has 1 aromatic carbocycles. The first-order valence-electron chi connectivity index (χ1n) is 9.98. The van der Waals surface area contributed by atoms with E-state index in [0.717, 1.165) is 16.8 Å². The number of carbonyl (C=O) groups excluding carboxylic acids is 2. The van der Waals surface area contributed by atoms with Crippen molar-refractivity contribution in [3.63, 3.8) is 0 Å². The number of pyridine rings is 1. The Hall–Kier alpha value is -3.09. The van der Waals surface area contributed by atoms with Crippen molar-refractivity contribution in [3.05, 3.63) is 53.2 Å². The Kier molecular flexibility index (Phi) is 6.69. The second kappa shape index (κ2) is 9.41. The number of aromatic nitrogens is 1. The fraction of sp³-hybridized carbons (Fsp3) is 0.409. The van der Waals surface area contributed by atoms with Crippen molar-refractivity contribution in [2.45, 2.75) is 39.7 Å². The Morgan fingerprint density at radius 2 is 1.83 bits per heavy atom. The number of amides is 2. The summed E-state index contributed by atoms with van der Waals surface area (Å²) in [6, 6.07) is 9.68. The zero-order chi connectivity index (χ0) is 20.8. The third kappa shape index (κ3) is 5.70. The second-order valence-electron chi connectivity index (χ2n) is 7.36. The third-order valence-corrected chi connectivity index (χ3v) is 4.87. The molecule has 2 N–H and O–H groups in total. The van der Waals surface area contributed by atoms with Crippen LogP contribution in [0.2, 0.25) is 0 Å². The van der Waals surface area contributed by atoms with Gasteiger partial charge in [-0.05, 0) is 69.0 Å². The summed E-state index contributed by atoms with van der Waals surface area (Å²) in [4.78, 5) is 30.5. The van der Waals surface area contributed by atoms with Gasteiger partial charge in [-0.1, -0.05) is 6.07 Å². The van der Waals surface area contributed by atoms with E-state index in [4.69, 9.17) is 4.74 Å². The lowest BCUT2D eigenvalue weighted by Crippen LogP contribution is -2.46. The molecule has 154 valence electrons.